The smallest absolute Gasteiger partial charge is 0.259 e. The molecule has 0 bridgehead atoms. The number of aromatic amines is 1. The van der Waals surface area contributed by atoms with E-state index in [1.54, 1.807) is 31.7 Å². The molecule has 3 heterocycles. The summed E-state index contributed by atoms with van der Waals surface area (Å²) in [6.07, 6.45) is 8.45. The minimum atomic E-state index is -0.757. The zero-order chi connectivity index (χ0) is 21.1. The molecule has 8 nitrogen and oxygen atoms in total. The fourth-order valence-electron chi connectivity index (χ4n) is 3.12. The summed E-state index contributed by atoms with van der Waals surface area (Å²) in [6, 6.07) is 11.3. The third kappa shape index (κ3) is 3.59. The first-order valence-corrected chi connectivity index (χ1v) is 9.08. The summed E-state index contributed by atoms with van der Waals surface area (Å²) in [5.74, 6) is -0.0823. The molecule has 1 amide bonds. The largest absolute Gasteiger partial charge is 0.372 e. The van der Waals surface area contributed by atoms with Crippen molar-refractivity contribution in [2.24, 2.45) is 5.73 Å². The number of anilines is 1. The number of primary amides is 1. The van der Waals surface area contributed by atoms with Gasteiger partial charge in [0.25, 0.3) is 5.91 Å². The second-order valence-corrected chi connectivity index (χ2v) is 6.52. The Balaban J connectivity index is 1.79. The molecule has 1 aromatic carbocycles. The predicted molar refractivity (Wildman–Crippen MR) is 115 cm³/mol. The molecule has 4 aromatic rings. The Labute approximate surface area is 172 Å². The number of benzene rings is 1. The predicted octanol–water partition coefficient (Wildman–Crippen LogP) is 3.12. The Morgan fingerprint density at radius 1 is 1.23 bits per heavy atom. The summed E-state index contributed by atoms with van der Waals surface area (Å²) >= 11 is 0. The number of pyridine rings is 1. The molecule has 4 rings (SSSR count). The number of aromatic nitrogens is 4. The van der Waals surface area contributed by atoms with Crippen LogP contribution in [0.15, 0.2) is 60.7 Å². The number of nitrogens with zero attached hydrogens (tertiary/aromatic N) is 4. The maximum absolute atomic E-state index is 11.3. The van der Waals surface area contributed by atoms with E-state index in [2.05, 4.69) is 25.3 Å². The third-order valence-corrected chi connectivity index (χ3v) is 4.61. The van der Waals surface area contributed by atoms with E-state index in [0.717, 1.165) is 33.4 Å². The Kier molecular flexibility index (Phi) is 4.93. The van der Waals surface area contributed by atoms with Crippen LogP contribution < -0.4 is 11.1 Å². The second kappa shape index (κ2) is 7.85. The molecule has 0 saturated heterocycles. The first-order chi connectivity index (χ1) is 14.6. The van der Waals surface area contributed by atoms with Crippen LogP contribution in [0.2, 0.25) is 0 Å². The molecule has 0 aliphatic rings. The summed E-state index contributed by atoms with van der Waals surface area (Å²) < 4.78 is 0. The number of fused-ring (bicyclic) bond motifs is 1. The van der Waals surface area contributed by atoms with Crippen molar-refractivity contribution in [1.29, 1.82) is 5.26 Å². The topological polar surface area (TPSA) is 133 Å². The third-order valence-electron chi connectivity index (χ3n) is 4.61. The van der Waals surface area contributed by atoms with Gasteiger partial charge in [0, 0.05) is 36.0 Å². The van der Waals surface area contributed by atoms with Crippen molar-refractivity contribution in [3.8, 4) is 28.5 Å². The van der Waals surface area contributed by atoms with Crippen molar-refractivity contribution >= 4 is 28.8 Å². The normalized spacial score (nSPS) is 11.3. The summed E-state index contributed by atoms with van der Waals surface area (Å²) in [5.41, 5.74) is 9.95. The molecule has 30 heavy (non-hydrogen) atoms. The average Bonchev–Trinajstić information content (AvgIpc) is 3.20. The van der Waals surface area contributed by atoms with Crippen LogP contribution in [-0.4, -0.2) is 32.9 Å². The molecule has 146 valence electrons. The first-order valence-electron chi connectivity index (χ1n) is 9.08. The van der Waals surface area contributed by atoms with Crippen LogP contribution in [0.3, 0.4) is 0 Å². The summed E-state index contributed by atoms with van der Waals surface area (Å²) in [4.78, 5) is 27.8. The molecule has 0 aliphatic carbocycles. The van der Waals surface area contributed by atoms with Crippen molar-refractivity contribution in [2.45, 2.75) is 0 Å². The lowest BCUT2D eigenvalue weighted by Crippen LogP contribution is -2.12. The lowest BCUT2D eigenvalue weighted by Gasteiger charge is -2.05. The van der Waals surface area contributed by atoms with Gasteiger partial charge in [-0.1, -0.05) is 18.2 Å². The Morgan fingerprint density at radius 3 is 2.87 bits per heavy atom. The maximum atomic E-state index is 11.3. The van der Waals surface area contributed by atoms with Gasteiger partial charge in [-0.3, -0.25) is 9.78 Å². The van der Waals surface area contributed by atoms with Crippen molar-refractivity contribution in [3.05, 3.63) is 66.3 Å². The Bertz CT molecular complexity index is 1330. The highest BCUT2D eigenvalue weighted by atomic mass is 16.1. The zero-order valence-electron chi connectivity index (χ0n) is 16.0. The number of amides is 1. The van der Waals surface area contributed by atoms with Gasteiger partial charge in [0.2, 0.25) is 0 Å². The highest BCUT2D eigenvalue weighted by Crippen LogP contribution is 2.30. The van der Waals surface area contributed by atoms with Gasteiger partial charge in [-0.25, -0.2) is 9.97 Å². The van der Waals surface area contributed by atoms with Gasteiger partial charge >= 0.3 is 0 Å². The van der Waals surface area contributed by atoms with Crippen LogP contribution in [0.25, 0.3) is 39.5 Å². The van der Waals surface area contributed by atoms with Crippen molar-refractivity contribution < 1.29 is 4.79 Å². The lowest BCUT2D eigenvalue weighted by molar-refractivity contribution is -0.114. The molecular weight excluding hydrogens is 378 g/mol. The molecule has 0 unspecified atom stereocenters. The average molecular weight is 395 g/mol. The second-order valence-electron chi connectivity index (χ2n) is 6.52. The van der Waals surface area contributed by atoms with E-state index in [-0.39, 0.29) is 5.57 Å². The minimum Gasteiger partial charge on any atom is -0.372 e. The van der Waals surface area contributed by atoms with Gasteiger partial charge < -0.3 is 16.0 Å². The SMILES string of the molecule is CNc1cncc(-c2c[nH]c3ncc(-c4cccc(/C=C(\C#N)C(N)=O)c4)cc23)n1. The molecule has 0 fully saturated rings. The summed E-state index contributed by atoms with van der Waals surface area (Å²) in [7, 11) is 1.79. The monoisotopic (exact) mass is 395 g/mol. The number of rotatable bonds is 5. The van der Waals surface area contributed by atoms with Gasteiger partial charge in [0.15, 0.2) is 0 Å². The van der Waals surface area contributed by atoms with Gasteiger partial charge in [-0.05, 0) is 29.3 Å². The highest BCUT2D eigenvalue weighted by molar-refractivity contribution is 6.00. The zero-order valence-corrected chi connectivity index (χ0v) is 16.0. The fraction of sp³-hybridized carbons (Fsp3) is 0.0455. The van der Waals surface area contributed by atoms with Crippen LogP contribution in [-0.2, 0) is 4.79 Å². The van der Waals surface area contributed by atoms with E-state index < -0.39 is 5.91 Å². The standard InChI is InChI=1S/C22H17N7O/c1-25-20-12-26-11-19(29-20)18-10-28-22-17(18)7-16(9-27-22)14-4-2-3-13(5-14)6-15(8-23)21(24)30/h2-7,9-12H,1H3,(H2,24,30)(H,25,29)(H,27,28)/b15-6+. The van der Waals surface area contributed by atoms with Gasteiger partial charge in [-0.15, -0.1) is 0 Å². The van der Waals surface area contributed by atoms with E-state index in [4.69, 9.17) is 11.0 Å². The van der Waals surface area contributed by atoms with Crippen LogP contribution in [0, 0.1) is 11.3 Å². The van der Waals surface area contributed by atoms with Crippen molar-refractivity contribution in [1.82, 2.24) is 19.9 Å². The molecule has 4 N–H and O–H groups in total. The summed E-state index contributed by atoms with van der Waals surface area (Å²) in [6.45, 7) is 0. The number of hydrogen-bond donors (Lipinski definition) is 3. The van der Waals surface area contributed by atoms with E-state index in [9.17, 15) is 4.79 Å². The molecule has 0 atom stereocenters. The molecule has 0 radical (unpaired) electrons. The number of H-pyrrole nitrogens is 1. The van der Waals surface area contributed by atoms with Gasteiger partial charge in [0.1, 0.15) is 23.1 Å². The van der Waals surface area contributed by atoms with E-state index >= 15 is 0 Å². The maximum Gasteiger partial charge on any atom is 0.259 e. The van der Waals surface area contributed by atoms with E-state index in [1.165, 1.54) is 6.08 Å². The van der Waals surface area contributed by atoms with Crippen molar-refractivity contribution in [3.63, 3.8) is 0 Å². The van der Waals surface area contributed by atoms with Gasteiger partial charge in [0.05, 0.1) is 18.1 Å². The number of nitrogens with two attached hydrogens (primary N) is 1. The molecule has 0 saturated carbocycles. The fourth-order valence-corrected chi connectivity index (χ4v) is 3.12. The lowest BCUT2D eigenvalue weighted by atomic mass is 10.0. The molecule has 8 heteroatoms. The number of carbonyl (C=O) groups excluding carboxylic acids is 1. The first kappa shape index (κ1) is 18.8. The van der Waals surface area contributed by atoms with Crippen LogP contribution in [0.4, 0.5) is 5.82 Å². The molecular formula is C22H17N7O. The van der Waals surface area contributed by atoms with Crippen LogP contribution >= 0.6 is 0 Å². The van der Waals surface area contributed by atoms with Crippen molar-refractivity contribution in [2.75, 3.05) is 12.4 Å². The number of nitrogens with one attached hydrogen (secondary N) is 2. The highest BCUT2D eigenvalue weighted by Gasteiger charge is 2.11. The quantitative estimate of drug-likeness (QED) is 0.351. The van der Waals surface area contributed by atoms with E-state index in [0.29, 0.717) is 11.4 Å². The molecule has 0 aliphatic heterocycles. The van der Waals surface area contributed by atoms with Crippen LogP contribution in [0.5, 0.6) is 0 Å². The van der Waals surface area contributed by atoms with E-state index in [1.807, 2.05) is 36.5 Å². The van der Waals surface area contributed by atoms with Crippen LogP contribution in [0.1, 0.15) is 5.56 Å². The Morgan fingerprint density at radius 2 is 2.10 bits per heavy atom. The number of carbonyl (C=O) groups is 1. The number of nitriles is 1. The number of hydrogen-bond acceptors (Lipinski definition) is 6. The summed E-state index contributed by atoms with van der Waals surface area (Å²) in [5, 5.41) is 13.0. The molecule has 0 spiro atoms. The van der Waals surface area contributed by atoms with Gasteiger partial charge in [-0.2, -0.15) is 5.26 Å². The Hall–Kier alpha value is -4.51. The minimum absolute atomic E-state index is 0.100. The molecule has 3 aromatic heterocycles.